The van der Waals surface area contributed by atoms with Crippen LogP contribution in [-0.2, 0) is 9.53 Å². The number of ether oxygens (including phenoxy) is 2. The molecule has 2 aromatic rings. The molecular weight excluding hydrogens is 423 g/mol. The Hall–Kier alpha value is -3.04. The van der Waals surface area contributed by atoms with E-state index in [4.69, 9.17) is 19.5 Å². The van der Waals surface area contributed by atoms with E-state index in [9.17, 15) is 9.59 Å². The van der Waals surface area contributed by atoms with Gasteiger partial charge in [-0.25, -0.2) is 4.79 Å². The first-order valence-corrected chi connectivity index (χ1v) is 11.1. The Morgan fingerprint density at radius 2 is 1.67 bits per heavy atom. The molecule has 0 saturated carbocycles. The Morgan fingerprint density at radius 1 is 0.970 bits per heavy atom. The summed E-state index contributed by atoms with van der Waals surface area (Å²) in [6, 6.07) is 15.5. The van der Waals surface area contributed by atoms with Crippen molar-refractivity contribution in [3.63, 3.8) is 0 Å². The Morgan fingerprint density at radius 3 is 2.33 bits per heavy atom. The standard InChI is InChI=1S/C24H33BN2O6/c1-24(2,3)33-23(29)27-21(15-8-5-9-16-25(30)31)22(28)26-18-11-10-14-20(17-18)32-19-12-6-4-7-13-19/h4,6-7,10-14,17,21,30-31H,5,8-9,15-16H2,1-3H3,(H,26,28)(H,27,29). The Balaban J connectivity index is 2.01. The minimum absolute atomic E-state index is 0.268. The van der Waals surface area contributed by atoms with Gasteiger partial charge in [0, 0.05) is 11.8 Å². The predicted molar refractivity (Wildman–Crippen MR) is 128 cm³/mol. The highest BCUT2D eigenvalue weighted by Gasteiger charge is 2.24. The molecule has 0 aliphatic rings. The molecule has 0 heterocycles. The van der Waals surface area contributed by atoms with Gasteiger partial charge in [0.1, 0.15) is 23.1 Å². The zero-order valence-electron chi connectivity index (χ0n) is 19.4. The highest BCUT2D eigenvalue weighted by Crippen LogP contribution is 2.24. The molecule has 0 bridgehead atoms. The molecule has 0 spiro atoms. The maximum Gasteiger partial charge on any atom is 0.451 e. The summed E-state index contributed by atoms with van der Waals surface area (Å²) in [5.74, 6) is 0.872. The summed E-state index contributed by atoms with van der Waals surface area (Å²) in [4.78, 5) is 25.2. The molecule has 0 aromatic heterocycles. The Kier molecular flexibility index (Phi) is 10.2. The van der Waals surface area contributed by atoms with Crippen LogP contribution in [0.3, 0.4) is 0 Å². The zero-order valence-corrected chi connectivity index (χ0v) is 19.4. The summed E-state index contributed by atoms with van der Waals surface area (Å²) in [6.45, 7) is 5.25. The van der Waals surface area contributed by atoms with Crippen LogP contribution >= 0.6 is 0 Å². The van der Waals surface area contributed by atoms with Crippen LogP contribution in [0.4, 0.5) is 10.5 Å². The van der Waals surface area contributed by atoms with E-state index in [-0.39, 0.29) is 12.2 Å². The monoisotopic (exact) mass is 456 g/mol. The van der Waals surface area contributed by atoms with Crippen LogP contribution in [0, 0.1) is 0 Å². The largest absolute Gasteiger partial charge is 0.457 e. The van der Waals surface area contributed by atoms with E-state index in [2.05, 4.69) is 10.6 Å². The van der Waals surface area contributed by atoms with Crippen molar-refractivity contribution in [3.05, 3.63) is 54.6 Å². The third kappa shape index (κ3) is 10.9. The maximum absolute atomic E-state index is 13.0. The van der Waals surface area contributed by atoms with Crippen LogP contribution in [0.25, 0.3) is 0 Å². The molecule has 2 rings (SSSR count). The van der Waals surface area contributed by atoms with Crippen molar-refractivity contribution in [1.29, 1.82) is 0 Å². The molecule has 8 nitrogen and oxygen atoms in total. The van der Waals surface area contributed by atoms with Gasteiger partial charge in [-0.2, -0.15) is 0 Å². The minimum atomic E-state index is -1.34. The SMILES string of the molecule is CC(C)(C)OC(=O)NC(CCCCCB(O)O)C(=O)Nc1cccc(Oc2ccccc2)c1. The number of benzene rings is 2. The smallest absolute Gasteiger partial charge is 0.451 e. The van der Waals surface area contributed by atoms with Crippen molar-refractivity contribution >= 4 is 24.8 Å². The van der Waals surface area contributed by atoms with Crippen molar-refractivity contribution in [2.24, 2.45) is 0 Å². The molecule has 0 fully saturated rings. The molecule has 0 radical (unpaired) electrons. The zero-order chi connectivity index (χ0) is 24.3. The van der Waals surface area contributed by atoms with E-state index in [0.29, 0.717) is 42.9 Å². The first-order chi connectivity index (χ1) is 15.6. The van der Waals surface area contributed by atoms with E-state index in [1.807, 2.05) is 30.3 Å². The summed E-state index contributed by atoms with van der Waals surface area (Å²) in [5, 5.41) is 23.4. The molecule has 1 atom stereocenters. The highest BCUT2D eigenvalue weighted by atomic mass is 16.6. The Bertz CT molecular complexity index is 886. The van der Waals surface area contributed by atoms with Gasteiger partial charge in [-0.3, -0.25) is 4.79 Å². The third-order valence-corrected chi connectivity index (χ3v) is 4.54. The van der Waals surface area contributed by atoms with Crippen LogP contribution in [0.5, 0.6) is 11.5 Å². The van der Waals surface area contributed by atoms with Crippen LogP contribution in [-0.4, -0.2) is 40.8 Å². The molecular formula is C24H33BN2O6. The number of unbranched alkanes of at least 4 members (excludes halogenated alkanes) is 2. The van der Waals surface area contributed by atoms with E-state index in [1.165, 1.54) is 0 Å². The number of hydrogen-bond donors (Lipinski definition) is 4. The van der Waals surface area contributed by atoms with Crippen LogP contribution in [0.15, 0.2) is 54.6 Å². The molecule has 2 amide bonds. The number of nitrogens with one attached hydrogen (secondary N) is 2. The summed E-state index contributed by atoms with van der Waals surface area (Å²) < 4.78 is 11.1. The van der Waals surface area contributed by atoms with Gasteiger partial charge in [-0.1, -0.05) is 43.5 Å². The lowest BCUT2D eigenvalue weighted by Gasteiger charge is -2.23. The number of hydrogen-bond acceptors (Lipinski definition) is 6. The summed E-state index contributed by atoms with van der Waals surface area (Å²) >= 11 is 0. The lowest BCUT2D eigenvalue weighted by Crippen LogP contribution is -2.45. The van der Waals surface area contributed by atoms with Crippen LogP contribution in [0.2, 0.25) is 6.32 Å². The maximum atomic E-state index is 13.0. The average molecular weight is 456 g/mol. The van der Waals surface area contributed by atoms with Gasteiger partial charge < -0.3 is 30.2 Å². The number of alkyl carbamates (subject to hydrolysis) is 1. The third-order valence-electron chi connectivity index (χ3n) is 4.54. The number of para-hydroxylation sites is 1. The van der Waals surface area contributed by atoms with Gasteiger partial charge in [0.15, 0.2) is 0 Å². The number of anilines is 1. The first-order valence-electron chi connectivity index (χ1n) is 11.1. The fraction of sp³-hybridized carbons (Fsp3) is 0.417. The molecule has 9 heteroatoms. The fourth-order valence-electron chi connectivity index (χ4n) is 3.06. The molecule has 1 unspecified atom stereocenters. The molecule has 0 aliphatic carbocycles. The summed E-state index contributed by atoms with van der Waals surface area (Å²) in [6.07, 6.45) is 1.90. The normalized spacial score (nSPS) is 11.9. The fourth-order valence-corrected chi connectivity index (χ4v) is 3.06. The number of carbonyl (C=O) groups is 2. The molecule has 2 aromatic carbocycles. The summed E-state index contributed by atoms with van der Waals surface area (Å²) in [5.41, 5.74) is -0.154. The molecule has 33 heavy (non-hydrogen) atoms. The summed E-state index contributed by atoms with van der Waals surface area (Å²) in [7, 11) is -1.34. The lowest BCUT2D eigenvalue weighted by molar-refractivity contribution is -0.118. The van der Waals surface area contributed by atoms with Gasteiger partial charge in [-0.15, -0.1) is 0 Å². The molecule has 0 saturated heterocycles. The second-order valence-corrected chi connectivity index (χ2v) is 8.75. The van der Waals surface area contributed by atoms with Gasteiger partial charge in [-0.05, 0) is 57.8 Å². The second-order valence-electron chi connectivity index (χ2n) is 8.75. The van der Waals surface area contributed by atoms with E-state index in [1.54, 1.807) is 45.0 Å². The van der Waals surface area contributed by atoms with Crippen molar-refractivity contribution in [1.82, 2.24) is 5.32 Å². The average Bonchev–Trinajstić information content (AvgIpc) is 2.72. The molecule has 4 N–H and O–H groups in total. The van der Waals surface area contributed by atoms with Crippen molar-refractivity contribution < 1.29 is 29.1 Å². The van der Waals surface area contributed by atoms with E-state index in [0.717, 1.165) is 0 Å². The Labute approximate surface area is 195 Å². The number of rotatable bonds is 11. The van der Waals surface area contributed by atoms with Crippen molar-refractivity contribution in [2.45, 2.75) is 64.4 Å². The van der Waals surface area contributed by atoms with E-state index >= 15 is 0 Å². The van der Waals surface area contributed by atoms with Gasteiger partial charge >= 0.3 is 13.2 Å². The van der Waals surface area contributed by atoms with Crippen LogP contribution < -0.4 is 15.4 Å². The molecule has 178 valence electrons. The van der Waals surface area contributed by atoms with E-state index < -0.39 is 24.9 Å². The van der Waals surface area contributed by atoms with Gasteiger partial charge in [0.05, 0.1) is 0 Å². The first kappa shape index (κ1) is 26.2. The lowest BCUT2D eigenvalue weighted by atomic mass is 9.83. The van der Waals surface area contributed by atoms with Gasteiger partial charge in [0.25, 0.3) is 0 Å². The number of amides is 2. The second kappa shape index (κ2) is 12.9. The molecule has 0 aliphatic heterocycles. The predicted octanol–water partition coefficient (Wildman–Crippen LogP) is 4.34. The number of carbonyl (C=O) groups excluding carboxylic acids is 2. The highest BCUT2D eigenvalue weighted by molar-refractivity contribution is 6.40. The quantitative estimate of drug-likeness (QED) is 0.295. The van der Waals surface area contributed by atoms with Gasteiger partial charge in [0.2, 0.25) is 5.91 Å². The topological polar surface area (TPSA) is 117 Å². The van der Waals surface area contributed by atoms with Crippen molar-refractivity contribution in [2.75, 3.05) is 5.32 Å². The minimum Gasteiger partial charge on any atom is -0.457 e. The van der Waals surface area contributed by atoms with Crippen molar-refractivity contribution in [3.8, 4) is 11.5 Å². The van der Waals surface area contributed by atoms with Crippen LogP contribution in [0.1, 0.15) is 46.5 Å².